The predicted molar refractivity (Wildman–Crippen MR) is 87.6 cm³/mol. The van der Waals surface area contributed by atoms with Crippen LogP contribution in [0.5, 0.6) is 0 Å². The van der Waals surface area contributed by atoms with E-state index in [0.29, 0.717) is 9.09 Å². The highest BCUT2D eigenvalue weighted by molar-refractivity contribution is 7.73. The highest BCUT2D eigenvalue weighted by Gasteiger charge is 2.30. The third-order valence-electron chi connectivity index (χ3n) is 2.48. The Morgan fingerprint density at radius 3 is 2.50 bits per heavy atom. The van der Waals surface area contributed by atoms with Crippen molar-refractivity contribution in [1.82, 2.24) is 20.8 Å². The number of likely N-dealkylation sites (N-methyl/N-ethyl adjacent to an activating group) is 1. The quantitative estimate of drug-likeness (QED) is 0.606. The van der Waals surface area contributed by atoms with Gasteiger partial charge in [-0.3, -0.25) is 15.2 Å². The van der Waals surface area contributed by atoms with Crippen molar-refractivity contribution in [3.63, 3.8) is 0 Å². The van der Waals surface area contributed by atoms with Crippen LogP contribution in [-0.4, -0.2) is 46.9 Å². The summed E-state index contributed by atoms with van der Waals surface area (Å²) in [5.74, 6) is -0.346. The van der Waals surface area contributed by atoms with Gasteiger partial charge in [0.15, 0.2) is 3.95 Å². The smallest absolute Gasteiger partial charge is 0.321 e. The first-order chi connectivity index (χ1) is 10.1. The molecule has 1 rings (SSSR count). The average molecular weight is 347 g/mol. The van der Waals surface area contributed by atoms with Gasteiger partial charge < -0.3 is 15.4 Å². The van der Waals surface area contributed by atoms with Crippen LogP contribution in [0.15, 0.2) is 0 Å². The first kappa shape index (κ1) is 18.5. The second-order valence-electron chi connectivity index (χ2n) is 5.54. The molecule has 1 unspecified atom stereocenters. The van der Waals surface area contributed by atoms with E-state index in [-0.39, 0.29) is 5.91 Å². The van der Waals surface area contributed by atoms with Crippen LogP contribution in [0.2, 0.25) is 0 Å². The Morgan fingerprint density at radius 1 is 1.41 bits per heavy atom. The molecule has 0 radical (unpaired) electrons. The Labute approximate surface area is 138 Å². The number of hydrogen-bond acceptors (Lipinski definition) is 6. The fraction of sp³-hybridized carbons (Fsp3) is 0.667. The van der Waals surface area contributed by atoms with Crippen LogP contribution >= 0.6 is 23.6 Å². The number of nitrogens with zero attached hydrogens (tertiary/aromatic N) is 1. The molecule has 4 N–H and O–H groups in total. The molecule has 0 spiro atoms. The lowest BCUT2D eigenvalue weighted by molar-refractivity contribution is -0.130. The number of amides is 3. The lowest BCUT2D eigenvalue weighted by Gasteiger charge is -2.30. The molecule has 3 amide bonds. The van der Waals surface area contributed by atoms with Crippen molar-refractivity contribution in [1.29, 1.82) is 0 Å². The van der Waals surface area contributed by atoms with Crippen LogP contribution < -0.4 is 16.0 Å². The number of carbonyl (C=O) groups is 2. The van der Waals surface area contributed by atoms with Crippen molar-refractivity contribution in [3.05, 3.63) is 3.95 Å². The third kappa shape index (κ3) is 6.08. The molecule has 0 fully saturated rings. The molecule has 124 valence electrons. The molecule has 2 atom stereocenters. The Bertz CT molecular complexity index is 578. The first-order valence-electron chi connectivity index (χ1n) is 6.65. The lowest BCUT2D eigenvalue weighted by atomic mass is 10.1. The van der Waals surface area contributed by atoms with E-state index in [1.54, 1.807) is 6.92 Å². The van der Waals surface area contributed by atoms with Gasteiger partial charge in [-0.25, -0.2) is 4.79 Å². The Hall–Kier alpha value is -1.52. The third-order valence-corrected chi connectivity index (χ3v) is 3.49. The zero-order chi connectivity index (χ0) is 16.9. The maximum Gasteiger partial charge on any atom is 0.321 e. The van der Waals surface area contributed by atoms with E-state index in [2.05, 4.69) is 26.1 Å². The number of hydrogen-bond donors (Lipinski definition) is 4. The second-order valence-corrected chi connectivity index (χ2v) is 7.21. The van der Waals surface area contributed by atoms with Crippen LogP contribution in [0, 0.1) is 3.95 Å². The summed E-state index contributed by atoms with van der Waals surface area (Å²) in [6.45, 7) is 7.35. The second kappa shape index (κ2) is 7.65. The van der Waals surface area contributed by atoms with Crippen LogP contribution in [0.25, 0.3) is 0 Å². The van der Waals surface area contributed by atoms with Gasteiger partial charge in [0.25, 0.3) is 0 Å². The van der Waals surface area contributed by atoms with Crippen molar-refractivity contribution in [2.75, 3.05) is 12.4 Å². The zero-order valence-electron chi connectivity index (χ0n) is 13.1. The molecule has 0 aliphatic rings. The molecule has 0 saturated carbocycles. The number of ether oxygens (including phenoxy) is 1. The topological polar surface area (TPSA) is 108 Å². The largest absolute Gasteiger partial charge is 0.370 e. The molecule has 0 aliphatic carbocycles. The molecule has 1 heterocycles. The summed E-state index contributed by atoms with van der Waals surface area (Å²) in [5, 5.41) is 14.3. The number of carbonyl (C=O) groups excluding carboxylic acids is 2. The molecule has 1 aromatic rings. The average Bonchev–Trinajstić information content (AvgIpc) is 2.78. The molecule has 8 nitrogen and oxygen atoms in total. The van der Waals surface area contributed by atoms with E-state index in [9.17, 15) is 9.59 Å². The molecule has 0 aliphatic heterocycles. The van der Waals surface area contributed by atoms with Crippen molar-refractivity contribution < 1.29 is 14.3 Å². The van der Waals surface area contributed by atoms with Crippen LogP contribution in [0.1, 0.15) is 27.7 Å². The Morgan fingerprint density at radius 2 is 2.05 bits per heavy atom. The van der Waals surface area contributed by atoms with E-state index in [1.807, 2.05) is 20.8 Å². The molecule has 10 heteroatoms. The van der Waals surface area contributed by atoms with Gasteiger partial charge in [0.2, 0.25) is 11.0 Å². The van der Waals surface area contributed by atoms with Crippen molar-refractivity contribution >= 4 is 40.6 Å². The molecular formula is C12H21N5O3S2. The molecule has 0 aromatic carbocycles. The number of nitrogens with one attached hydrogen (secondary N) is 4. The SMILES string of the molecule is CNC(=O)C(NC(=O)Nc1n[nH]c(=S)s1)[C@H](C)OC(C)(C)C. The molecular weight excluding hydrogens is 326 g/mol. The summed E-state index contributed by atoms with van der Waals surface area (Å²) in [6, 6.07) is -1.40. The number of H-pyrrole nitrogens is 1. The maximum absolute atomic E-state index is 12.0. The minimum Gasteiger partial charge on any atom is -0.370 e. The monoisotopic (exact) mass is 347 g/mol. The van der Waals surface area contributed by atoms with E-state index >= 15 is 0 Å². The fourth-order valence-corrected chi connectivity index (χ4v) is 2.52. The van der Waals surface area contributed by atoms with E-state index in [0.717, 1.165) is 11.3 Å². The van der Waals surface area contributed by atoms with Gasteiger partial charge in [-0.15, -0.1) is 5.10 Å². The fourth-order valence-electron chi connectivity index (χ4n) is 1.74. The molecule has 0 bridgehead atoms. The zero-order valence-corrected chi connectivity index (χ0v) is 14.8. The van der Waals surface area contributed by atoms with Gasteiger partial charge in [0, 0.05) is 7.05 Å². The number of aromatic nitrogens is 2. The predicted octanol–water partition coefficient (Wildman–Crippen LogP) is 1.64. The Balaban J connectivity index is 2.74. The van der Waals surface area contributed by atoms with E-state index in [4.69, 9.17) is 17.0 Å². The van der Waals surface area contributed by atoms with Gasteiger partial charge in [-0.1, -0.05) is 11.3 Å². The highest BCUT2D eigenvalue weighted by Crippen LogP contribution is 2.14. The molecule has 22 heavy (non-hydrogen) atoms. The summed E-state index contributed by atoms with van der Waals surface area (Å²) < 4.78 is 6.19. The van der Waals surface area contributed by atoms with Gasteiger partial charge in [0.1, 0.15) is 6.04 Å². The van der Waals surface area contributed by atoms with E-state index < -0.39 is 23.8 Å². The van der Waals surface area contributed by atoms with E-state index in [1.165, 1.54) is 7.05 Å². The Kier molecular flexibility index (Phi) is 6.45. The molecule has 1 aromatic heterocycles. The highest BCUT2D eigenvalue weighted by atomic mass is 32.1. The number of rotatable bonds is 5. The number of urea groups is 1. The van der Waals surface area contributed by atoms with Crippen molar-refractivity contribution in [2.24, 2.45) is 0 Å². The molecule has 0 saturated heterocycles. The minimum absolute atomic E-state index is 0.322. The van der Waals surface area contributed by atoms with Gasteiger partial charge in [-0.05, 0) is 39.9 Å². The summed E-state index contributed by atoms with van der Waals surface area (Å²) in [4.78, 5) is 23.9. The first-order valence-corrected chi connectivity index (χ1v) is 7.87. The normalized spacial score (nSPS) is 14.0. The summed E-state index contributed by atoms with van der Waals surface area (Å²) in [7, 11) is 1.50. The van der Waals surface area contributed by atoms with Crippen molar-refractivity contribution in [2.45, 2.75) is 45.4 Å². The number of anilines is 1. The van der Waals surface area contributed by atoms with Crippen molar-refractivity contribution in [3.8, 4) is 0 Å². The van der Waals surface area contributed by atoms with Gasteiger partial charge >= 0.3 is 6.03 Å². The van der Waals surface area contributed by atoms with Gasteiger partial charge in [0.05, 0.1) is 11.7 Å². The van der Waals surface area contributed by atoms with Gasteiger partial charge in [-0.2, -0.15) is 0 Å². The van der Waals surface area contributed by atoms with Crippen LogP contribution in [0.4, 0.5) is 9.93 Å². The lowest BCUT2D eigenvalue weighted by Crippen LogP contribution is -2.54. The van der Waals surface area contributed by atoms with Crippen LogP contribution in [0.3, 0.4) is 0 Å². The standard InChI is InChI=1S/C12H21N5O3S2/c1-6(20-12(2,3)4)7(8(18)13-5)14-9(19)15-10-16-17-11(21)22-10/h6-7H,1-5H3,(H,13,18)(H,17,21)(H2,14,15,16,19)/t6-,7?/m0/s1. The number of aromatic amines is 1. The summed E-state index contributed by atoms with van der Waals surface area (Å²) in [6.07, 6.45) is -0.511. The minimum atomic E-state index is -0.837. The summed E-state index contributed by atoms with van der Waals surface area (Å²) >= 11 is 6.00. The summed E-state index contributed by atoms with van der Waals surface area (Å²) in [5.41, 5.74) is -0.439. The van der Waals surface area contributed by atoms with Crippen LogP contribution in [-0.2, 0) is 9.53 Å². The maximum atomic E-state index is 12.0.